The third-order valence-corrected chi connectivity index (χ3v) is 3.92. The van der Waals surface area contributed by atoms with Crippen LogP contribution in [0.15, 0.2) is 48.5 Å². The van der Waals surface area contributed by atoms with Gasteiger partial charge >= 0.3 is 7.80 Å². The van der Waals surface area contributed by atoms with Crippen molar-refractivity contribution in [3.05, 3.63) is 48.5 Å². The molecule has 0 bridgehead atoms. The molecule has 0 fully saturated rings. The second kappa shape index (κ2) is 4.33. The Morgan fingerprint density at radius 2 is 1.56 bits per heavy atom. The summed E-state index contributed by atoms with van der Waals surface area (Å²) in [5.74, 6) is 0. The predicted octanol–water partition coefficient (Wildman–Crippen LogP) is 1.63. The van der Waals surface area contributed by atoms with Crippen molar-refractivity contribution in [3.63, 3.8) is 0 Å². The normalized spacial score (nSPS) is 11.1. The number of nitrogen functional groups attached to an aromatic ring is 2. The summed E-state index contributed by atoms with van der Waals surface area (Å²) in [7, 11) is -1.66. The van der Waals surface area contributed by atoms with Crippen LogP contribution in [0.25, 0.3) is 0 Å². The zero-order valence-corrected chi connectivity index (χ0v) is 9.52. The first kappa shape index (κ1) is 10.7. The molecule has 0 saturated heterocycles. The molecular formula is C12H12N2OP+. The Bertz CT molecular complexity index is 526. The van der Waals surface area contributed by atoms with E-state index in [0.29, 0.717) is 16.7 Å². The van der Waals surface area contributed by atoms with Gasteiger partial charge in [0.05, 0.1) is 5.69 Å². The molecular weight excluding hydrogens is 219 g/mol. The molecule has 1 unspecified atom stereocenters. The van der Waals surface area contributed by atoms with Gasteiger partial charge in [-0.2, -0.15) is 0 Å². The molecule has 4 N–H and O–H groups in total. The zero-order chi connectivity index (χ0) is 11.5. The maximum absolute atomic E-state index is 12.2. The predicted molar refractivity (Wildman–Crippen MR) is 68.6 cm³/mol. The number of hydrogen-bond donors (Lipinski definition) is 2. The van der Waals surface area contributed by atoms with Crippen LogP contribution < -0.4 is 22.1 Å². The largest absolute Gasteiger partial charge is 0.417 e. The number of benzene rings is 2. The molecule has 0 aliphatic rings. The van der Waals surface area contributed by atoms with E-state index >= 15 is 0 Å². The lowest BCUT2D eigenvalue weighted by atomic mass is 10.3. The van der Waals surface area contributed by atoms with Gasteiger partial charge in [-0.05, 0) is 24.3 Å². The first-order valence-electron chi connectivity index (χ1n) is 4.86. The summed E-state index contributed by atoms with van der Waals surface area (Å²) < 4.78 is 12.2. The second-order valence-electron chi connectivity index (χ2n) is 3.41. The summed E-state index contributed by atoms with van der Waals surface area (Å²) in [6.45, 7) is 0. The highest BCUT2D eigenvalue weighted by Crippen LogP contribution is 2.25. The molecule has 0 amide bonds. The van der Waals surface area contributed by atoms with E-state index in [2.05, 4.69) is 0 Å². The number of anilines is 2. The van der Waals surface area contributed by atoms with Gasteiger partial charge < -0.3 is 11.5 Å². The molecule has 0 aliphatic carbocycles. The molecule has 2 aromatic rings. The molecule has 2 rings (SSSR count). The molecule has 1 atom stereocenters. The molecule has 0 radical (unpaired) electrons. The molecule has 0 aliphatic heterocycles. The number of hydrogen-bond acceptors (Lipinski definition) is 3. The highest BCUT2D eigenvalue weighted by Gasteiger charge is 2.26. The quantitative estimate of drug-likeness (QED) is 0.609. The summed E-state index contributed by atoms with van der Waals surface area (Å²) in [6.07, 6.45) is 0. The standard InChI is InChI=1S/C12H12N2OP/c13-10-7-4-8-11(12(10)14)16(15)9-5-2-1-3-6-9/h1-8H,13-14H2/q+1. The summed E-state index contributed by atoms with van der Waals surface area (Å²) in [4.78, 5) is 0. The molecule has 0 saturated carbocycles. The lowest BCUT2D eigenvalue weighted by molar-refractivity contribution is 0.598. The van der Waals surface area contributed by atoms with Crippen molar-refractivity contribution in [2.45, 2.75) is 0 Å². The molecule has 3 nitrogen and oxygen atoms in total. The van der Waals surface area contributed by atoms with Crippen molar-refractivity contribution in [3.8, 4) is 0 Å². The summed E-state index contributed by atoms with van der Waals surface area (Å²) in [5.41, 5.74) is 12.4. The van der Waals surface area contributed by atoms with Crippen LogP contribution in [0, 0.1) is 0 Å². The average molecular weight is 231 g/mol. The van der Waals surface area contributed by atoms with Gasteiger partial charge in [0.15, 0.2) is 5.30 Å². The van der Waals surface area contributed by atoms with Crippen LogP contribution in [0.3, 0.4) is 0 Å². The van der Waals surface area contributed by atoms with Gasteiger partial charge in [-0.15, -0.1) is 0 Å². The topological polar surface area (TPSA) is 69.1 Å². The maximum atomic E-state index is 12.2. The second-order valence-corrected chi connectivity index (χ2v) is 5.00. The average Bonchev–Trinajstić information content (AvgIpc) is 2.33. The third-order valence-electron chi connectivity index (χ3n) is 2.33. The van der Waals surface area contributed by atoms with Gasteiger partial charge in [0, 0.05) is 0 Å². The van der Waals surface area contributed by atoms with E-state index in [4.69, 9.17) is 11.5 Å². The van der Waals surface area contributed by atoms with Crippen LogP contribution in [-0.4, -0.2) is 0 Å². The van der Waals surface area contributed by atoms with E-state index < -0.39 is 7.80 Å². The fourth-order valence-corrected chi connectivity index (χ4v) is 2.74. The van der Waals surface area contributed by atoms with Crippen LogP contribution in [0.2, 0.25) is 0 Å². The minimum Gasteiger partial charge on any atom is -0.397 e. The van der Waals surface area contributed by atoms with E-state index in [-0.39, 0.29) is 0 Å². The van der Waals surface area contributed by atoms with E-state index in [1.807, 2.05) is 30.3 Å². The van der Waals surface area contributed by atoms with Gasteiger partial charge in [0.2, 0.25) is 5.30 Å². The Morgan fingerprint density at radius 3 is 2.25 bits per heavy atom. The van der Waals surface area contributed by atoms with Crippen molar-refractivity contribution in [2.24, 2.45) is 0 Å². The van der Waals surface area contributed by atoms with Crippen LogP contribution in [0.1, 0.15) is 0 Å². The molecule has 0 heterocycles. The van der Waals surface area contributed by atoms with Crippen LogP contribution in [0.5, 0.6) is 0 Å². The van der Waals surface area contributed by atoms with Crippen molar-refractivity contribution < 1.29 is 4.57 Å². The monoisotopic (exact) mass is 231 g/mol. The van der Waals surface area contributed by atoms with E-state index in [1.165, 1.54) is 0 Å². The fraction of sp³-hybridized carbons (Fsp3) is 0. The van der Waals surface area contributed by atoms with E-state index in [9.17, 15) is 4.57 Å². The summed E-state index contributed by atoms with van der Waals surface area (Å²) in [6, 6.07) is 14.4. The Labute approximate surface area is 94.9 Å². The van der Waals surface area contributed by atoms with Gasteiger partial charge in [0.25, 0.3) is 0 Å². The highest BCUT2D eigenvalue weighted by molar-refractivity contribution is 7.61. The minimum absolute atomic E-state index is 0.410. The maximum Gasteiger partial charge on any atom is 0.417 e. The van der Waals surface area contributed by atoms with Gasteiger partial charge in [-0.3, -0.25) is 0 Å². The Balaban J connectivity index is 2.46. The Kier molecular flexibility index (Phi) is 2.88. The number of para-hydroxylation sites is 1. The minimum atomic E-state index is -1.66. The fourth-order valence-electron chi connectivity index (χ4n) is 1.45. The van der Waals surface area contributed by atoms with Crippen molar-refractivity contribution in [1.82, 2.24) is 0 Å². The number of rotatable bonds is 2. The van der Waals surface area contributed by atoms with E-state index in [0.717, 1.165) is 5.30 Å². The smallest absolute Gasteiger partial charge is 0.397 e. The molecule has 2 aromatic carbocycles. The molecule has 16 heavy (non-hydrogen) atoms. The van der Waals surface area contributed by atoms with Crippen LogP contribution in [0.4, 0.5) is 11.4 Å². The SMILES string of the molecule is Nc1cccc([P+](=O)c2ccccc2)c1N. The van der Waals surface area contributed by atoms with Crippen LogP contribution in [-0.2, 0) is 4.57 Å². The Morgan fingerprint density at radius 1 is 0.875 bits per heavy atom. The molecule has 0 spiro atoms. The molecule has 0 aromatic heterocycles. The Hall–Kier alpha value is -1.86. The molecule has 80 valence electrons. The molecule has 4 heteroatoms. The zero-order valence-electron chi connectivity index (χ0n) is 8.63. The summed E-state index contributed by atoms with van der Waals surface area (Å²) in [5, 5.41) is 1.36. The first-order chi connectivity index (χ1) is 7.70. The van der Waals surface area contributed by atoms with Gasteiger partial charge in [-0.25, -0.2) is 0 Å². The lowest BCUT2D eigenvalue weighted by Crippen LogP contribution is -2.12. The van der Waals surface area contributed by atoms with Crippen molar-refractivity contribution in [2.75, 3.05) is 11.5 Å². The van der Waals surface area contributed by atoms with Crippen LogP contribution >= 0.6 is 7.80 Å². The van der Waals surface area contributed by atoms with Crippen molar-refractivity contribution >= 4 is 29.8 Å². The third kappa shape index (κ3) is 1.90. The van der Waals surface area contributed by atoms with E-state index in [1.54, 1.807) is 18.2 Å². The van der Waals surface area contributed by atoms with Gasteiger partial charge in [0.1, 0.15) is 5.69 Å². The van der Waals surface area contributed by atoms with Crippen molar-refractivity contribution in [1.29, 1.82) is 0 Å². The lowest BCUT2D eigenvalue weighted by Gasteiger charge is -1.98. The van der Waals surface area contributed by atoms with Gasteiger partial charge in [-0.1, -0.05) is 28.8 Å². The highest BCUT2D eigenvalue weighted by atomic mass is 31.1. The summed E-state index contributed by atoms with van der Waals surface area (Å²) >= 11 is 0. The number of nitrogens with two attached hydrogens (primary N) is 2. The first-order valence-corrected chi connectivity index (χ1v) is 6.12.